The van der Waals surface area contributed by atoms with Gasteiger partial charge in [-0.1, -0.05) is 49.7 Å². The quantitative estimate of drug-likeness (QED) is 0.401. The van der Waals surface area contributed by atoms with Gasteiger partial charge in [-0.2, -0.15) is 0 Å². The van der Waals surface area contributed by atoms with Crippen LogP contribution in [0.4, 0.5) is 11.4 Å². The molecule has 0 bridgehead atoms. The lowest BCUT2D eigenvalue weighted by Crippen LogP contribution is -2.21. The van der Waals surface area contributed by atoms with Gasteiger partial charge in [-0.15, -0.1) is 0 Å². The molecule has 0 aliphatic heterocycles. The van der Waals surface area contributed by atoms with Gasteiger partial charge >= 0.3 is 5.97 Å². The number of rotatable bonds is 10. The summed E-state index contributed by atoms with van der Waals surface area (Å²) < 4.78 is 33.2. The van der Waals surface area contributed by atoms with Gasteiger partial charge in [0.1, 0.15) is 0 Å². The molecule has 0 fully saturated rings. The van der Waals surface area contributed by atoms with Gasteiger partial charge in [0.15, 0.2) is 6.61 Å². The highest BCUT2D eigenvalue weighted by Gasteiger charge is 2.18. The first-order valence-corrected chi connectivity index (χ1v) is 12.5. The Hall–Kier alpha value is -3.65. The second-order valence-electron chi connectivity index (χ2n) is 7.87. The number of nitrogens with one attached hydrogen (secondary N) is 2. The molecule has 3 rings (SSSR count). The molecule has 0 aliphatic rings. The fourth-order valence-corrected chi connectivity index (χ4v) is 4.34. The van der Waals surface area contributed by atoms with Gasteiger partial charge in [0.05, 0.1) is 10.5 Å². The van der Waals surface area contributed by atoms with Gasteiger partial charge in [0, 0.05) is 11.4 Å². The number of carbonyl (C=O) groups is 2. The predicted molar refractivity (Wildman–Crippen MR) is 132 cm³/mol. The molecule has 3 aromatic rings. The molecular weight excluding hydrogens is 452 g/mol. The molecule has 1 amide bonds. The van der Waals surface area contributed by atoms with Gasteiger partial charge < -0.3 is 10.1 Å². The first kappa shape index (κ1) is 25.0. The number of carbonyl (C=O) groups excluding carboxylic acids is 2. The van der Waals surface area contributed by atoms with Crippen molar-refractivity contribution in [1.82, 2.24) is 0 Å². The van der Waals surface area contributed by atoms with E-state index in [2.05, 4.69) is 17.0 Å². The molecule has 0 spiro atoms. The highest BCUT2D eigenvalue weighted by molar-refractivity contribution is 7.92. The highest BCUT2D eigenvalue weighted by atomic mass is 32.2. The van der Waals surface area contributed by atoms with Gasteiger partial charge in [-0.25, -0.2) is 13.2 Å². The van der Waals surface area contributed by atoms with Crippen LogP contribution in [0, 0.1) is 6.92 Å². The molecule has 0 atom stereocenters. The van der Waals surface area contributed by atoms with E-state index in [1.807, 2.05) is 31.2 Å². The van der Waals surface area contributed by atoms with E-state index in [4.69, 9.17) is 4.74 Å². The third-order valence-corrected chi connectivity index (χ3v) is 6.54. The van der Waals surface area contributed by atoms with Gasteiger partial charge in [0.2, 0.25) is 0 Å². The summed E-state index contributed by atoms with van der Waals surface area (Å²) in [5.74, 6) is -1.28. The van der Waals surface area contributed by atoms with Crippen molar-refractivity contribution in [1.29, 1.82) is 0 Å². The normalized spacial score (nSPS) is 11.0. The molecule has 34 heavy (non-hydrogen) atoms. The van der Waals surface area contributed by atoms with Crippen molar-refractivity contribution >= 4 is 33.3 Å². The molecule has 0 saturated heterocycles. The molecule has 178 valence electrons. The maximum atomic E-state index is 12.8. The average Bonchev–Trinajstić information content (AvgIpc) is 2.83. The van der Waals surface area contributed by atoms with Crippen LogP contribution in [0.1, 0.15) is 41.3 Å². The van der Waals surface area contributed by atoms with Crippen molar-refractivity contribution in [2.24, 2.45) is 0 Å². The minimum Gasteiger partial charge on any atom is -0.452 e. The molecule has 0 heterocycles. The second kappa shape index (κ2) is 11.5. The maximum absolute atomic E-state index is 12.8. The van der Waals surface area contributed by atoms with Crippen LogP contribution in [0.25, 0.3) is 0 Å². The third kappa shape index (κ3) is 6.92. The summed E-state index contributed by atoms with van der Waals surface area (Å²) >= 11 is 0. The van der Waals surface area contributed by atoms with Crippen molar-refractivity contribution in [3.05, 3.63) is 89.5 Å². The fourth-order valence-electron chi connectivity index (χ4n) is 3.24. The SMILES string of the molecule is CCCCc1ccc(NS(=O)(=O)c2cccc(C(=O)OCC(=O)Nc3ccccc3C)c2)cc1. The van der Waals surface area contributed by atoms with Crippen LogP contribution in [0.3, 0.4) is 0 Å². The smallest absolute Gasteiger partial charge is 0.338 e. The van der Waals surface area contributed by atoms with Crippen molar-refractivity contribution in [2.45, 2.75) is 38.0 Å². The summed E-state index contributed by atoms with van der Waals surface area (Å²) in [6, 6.07) is 19.9. The number of ether oxygens (including phenoxy) is 1. The van der Waals surface area contributed by atoms with Crippen LogP contribution in [0.5, 0.6) is 0 Å². The number of unbranched alkanes of at least 4 members (excludes halogenated alkanes) is 1. The van der Waals surface area contributed by atoms with Gasteiger partial charge in [-0.05, 0) is 67.3 Å². The van der Waals surface area contributed by atoms with Crippen molar-refractivity contribution in [3.63, 3.8) is 0 Å². The second-order valence-corrected chi connectivity index (χ2v) is 9.56. The van der Waals surface area contributed by atoms with Gasteiger partial charge in [-0.3, -0.25) is 9.52 Å². The Labute approximate surface area is 200 Å². The average molecular weight is 481 g/mol. The molecule has 2 N–H and O–H groups in total. The van der Waals surface area contributed by atoms with E-state index in [1.54, 1.807) is 24.3 Å². The summed E-state index contributed by atoms with van der Waals surface area (Å²) in [6.07, 6.45) is 3.10. The molecule has 7 nitrogen and oxygen atoms in total. The summed E-state index contributed by atoms with van der Waals surface area (Å²) in [5.41, 5.74) is 3.10. The minimum absolute atomic E-state index is 0.0291. The summed E-state index contributed by atoms with van der Waals surface area (Å²) in [7, 11) is -3.91. The number of para-hydroxylation sites is 1. The number of esters is 1. The number of hydrogen-bond donors (Lipinski definition) is 2. The minimum atomic E-state index is -3.91. The summed E-state index contributed by atoms with van der Waals surface area (Å²) in [4.78, 5) is 24.4. The van der Waals surface area contributed by atoms with E-state index in [0.29, 0.717) is 11.4 Å². The van der Waals surface area contributed by atoms with Crippen LogP contribution in [-0.2, 0) is 26.0 Å². The third-order valence-electron chi connectivity index (χ3n) is 5.16. The van der Waals surface area contributed by atoms with E-state index in [0.717, 1.165) is 30.4 Å². The lowest BCUT2D eigenvalue weighted by atomic mass is 10.1. The van der Waals surface area contributed by atoms with Crippen LogP contribution < -0.4 is 10.0 Å². The van der Waals surface area contributed by atoms with E-state index in [-0.39, 0.29) is 10.5 Å². The molecule has 0 saturated carbocycles. The molecule has 0 radical (unpaired) electrons. The zero-order chi connectivity index (χ0) is 24.6. The largest absolute Gasteiger partial charge is 0.452 e. The topological polar surface area (TPSA) is 102 Å². The number of amides is 1. The van der Waals surface area contributed by atoms with Crippen molar-refractivity contribution in [2.75, 3.05) is 16.6 Å². The summed E-state index contributed by atoms with van der Waals surface area (Å²) in [5, 5.41) is 2.67. The molecule has 0 unspecified atom stereocenters. The Morgan fingerprint density at radius 1 is 0.941 bits per heavy atom. The van der Waals surface area contributed by atoms with E-state index >= 15 is 0 Å². The van der Waals surface area contributed by atoms with Crippen LogP contribution in [-0.4, -0.2) is 26.9 Å². The summed E-state index contributed by atoms with van der Waals surface area (Å²) in [6.45, 7) is 3.47. The molecule has 0 aromatic heterocycles. The van der Waals surface area contributed by atoms with E-state index in [1.165, 1.54) is 24.3 Å². The van der Waals surface area contributed by atoms with E-state index in [9.17, 15) is 18.0 Å². The molecule has 3 aromatic carbocycles. The lowest BCUT2D eigenvalue weighted by Gasteiger charge is -2.11. The standard InChI is InChI=1S/C26H28N2O5S/c1-3-4-9-20-13-15-22(16-14-20)28-34(31,32)23-11-7-10-21(17-23)26(30)33-18-25(29)27-24-12-6-5-8-19(24)2/h5-8,10-17,28H,3-4,9,18H2,1-2H3,(H,27,29). The molecule has 8 heteroatoms. The number of aryl methyl sites for hydroxylation is 2. The zero-order valence-electron chi connectivity index (χ0n) is 19.2. The van der Waals surface area contributed by atoms with Crippen LogP contribution >= 0.6 is 0 Å². The van der Waals surface area contributed by atoms with E-state index < -0.39 is 28.5 Å². The highest BCUT2D eigenvalue weighted by Crippen LogP contribution is 2.19. The Morgan fingerprint density at radius 2 is 1.68 bits per heavy atom. The Morgan fingerprint density at radius 3 is 2.38 bits per heavy atom. The predicted octanol–water partition coefficient (Wildman–Crippen LogP) is 4.93. The maximum Gasteiger partial charge on any atom is 0.338 e. The number of sulfonamides is 1. The number of benzene rings is 3. The lowest BCUT2D eigenvalue weighted by molar-refractivity contribution is -0.119. The Bertz CT molecular complexity index is 1250. The van der Waals surface area contributed by atoms with Gasteiger partial charge in [0.25, 0.3) is 15.9 Å². The first-order valence-electron chi connectivity index (χ1n) is 11.0. The van der Waals surface area contributed by atoms with Crippen LogP contribution in [0.15, 0.2) is 77.7 Å². The monoisotopic (exact) mass is 480 g/mol. The van der Waals surface area contributed by atoms with Crippen LogP contribution in [0.2, 0.25) is 0 Å². The number of anilines is 2. The molecular formula is C26H28N2O5S. The van der Waals surface area contributed by atoms with Crippen molar-refractivity contribution in [3.8, 4) is 0 Å². The van der Waals surface area contributed by atoms with Crippen molar-refractivity contribution < 1.29 is 22.7 Å². The Kier molecular flexibility index (Phi) is 8.43. The molecule has 0 aliphatic carbocycles. The zero-order valence-corrected chi connectivity index (χ0v) is 20.0. The number of hydrogen-bond acceptors (Lipinski definition) is 5. The Balaban J connectivity index is 1.62. The fraction of sp³-hybridized carbons (Fsp3) is 0.231. The first-order chi connectivity index (χ1) is 16.3.